The van der Waals surface area contributed by atoms with Gasteiger partial charge in [0.1, 0.15) is 0 Å². The predicted molar refractivity (Wildman–Crippen MR) is 61.3 cm³/mol. The summed E-state index contributed by atoms with van der Waals surface area (Å²) in [6, 6.07) is 0. The zero-order valence-electron chi connectivity index (χ0n) is 9.51. The van der Waals surface area contributed by atoms with E-state index in [0.29, 0.717) is 5.94 Å². The topological polar surface area (TPSA) is 21.6 Å². The molecular weight excluding hydrogens is 182 g/mol. The van der Waals surface area contributed by atoms with Crippen LogP contribution in [0.5, 0.6) is 0 Å². The Morgan fingerprint density at radius 3 is 1.69 bits per heavy atom. The van der Waals surface area contributed by atoms with E-state index < -0.39 is 0 Å². The van der Waals surface area contributed by atoms with E-state index in [9.17, 15) is 0 Å². The fourth-order valence-corrected chi connectivity index (χ4v) is 1.55. The number of hydrogen-bond donors (Lipinski definition) is 1. The fraction of sp³-hybridized carbons (Fsp3) is 0.900. The van der Waals surface area contributed by atoms with Gasteiger partial charge in [0.2, 0.25) is 0 Å². The van der Waals surface area contributed by atoms with Crippen LogP contribution in [-0.4, -0.2) is 11.7 Å². The van der Waals surface area contributed by atoms with Gasteiger partial charge in [-0.3, -0.25) is 0 Å². The quantitative estimate of drug-likeness (QED) is 0.316. The van der Waals surface area contributed by atoms with Crippen molar-refractivity contribution in [3.8, 4) is 0 Å². The highest BCUT2D eigenvalue weighted by Gasteiger charge is 2.30. The van der Waals surface area contributed by atoms with Crippen molar-refractivity contribution < 1.29 is 4.84 Å². The minimum atomic E-state index is 0.0429. The molecule has 0 rings (SSSR count). The van der Waals surface area contributed by atoms with E-state index in [1.54, 1.807) is 0 Å². The standard InChI is InChI=1S/C10H21NOS/c1-9(2,3)8(10(4,5)6)11-12-7-13/h13H,7H2,1-6H3. The van der Waals surface area contributed by atoms with Gasteiger partial charge in [-0.05, 0) is 0 Å². The number of hydrogen-bond acceptors (Lipinski definition) is 3. The average molecular weight is 203 g/mol. The second-order valence-electron chi connectivity index (χ2n) is 5.20. The van der Waals surface area contributed by atoms with Gasteiger partial charge >= 0.3 is 0 Å². The molecule has 0 aliphatic rings. The fourth-order valence-electron chi connectivity index (χ4n) is 1.49. The van der Waals surface area contributed by atoms with Gasteiger partial charge in [0.25, 0.3) is 0 Å². The zero-order chi connectivity index (χ0) is 10.7. The largest absolute Gasteiger partial charge is 0.385 e. The Labute approximate surface area is 87.1 Å². The second kappa shape index (κ2) is 4.36. The molecule has 0 heterocycles. The summed E-state index contributed by atoms with van der Waals surface area (Å²) in [5, 5.41) is 4.12. The summed E-state index contributed by atoms with van der Waals surface area (Å²) in [5.41, 5.74) is 1.15. The first-order valence-electron chi connectivity index (χ1n) is 4.51. The Morgan fingerprint density at radius 2 is 1.46 bits per heavy atom. The smallest absolute Gasteiger partial charge is 0.160 e. The van der Waals surface area contributed by atoms with Crippen LogP contribution in [0.25, 0.3) is 0 Å². The Hall–Kier alpha value is -0.180. The first kappa shape index (κ1) is 12.8. The molecule has 0 aromatic carbocycles. The highest BCUT2D eigenvalue weighted by atomic mass is 32.1. The molecule has 0 aromatic heterocycles. The van der Waals surface area contributed by atoms with Crippen molar-refractivity contribution >= 4 is 18.3 Å². The molecule has 2 nitrogen and oxygen atoms in total. The van der Waals surface area contributed by atoms with Crippen LogP contribution in [0.2, 0.25) is 0 Å². The normalized spacial score (nSPS) is 12.5. The van der Waals surface area contributed by atoms with Gasteiger partial charge in [0, 0.05) is 10.8 Å². The number of oxime groups is 1. The molecule has 13 heavy (non-hydrogen) atoms. The summed E-state index contributed by atoms with van der Waals surface area (Å²) in [6.45, 7) is 12.8. The highest BCUT2D eigenvalue weighted by Crippen LogP contribution is 2.30. The van der Waals surface area contributed by atoms with Gasteiger partial charge < -0.3 is 4.84 Å². The third-order valence-electron chi connectivity index (χ3n) is 1.63. The first-order valence-corrected chi connectivity index (χ1v) is 5.14. The molecule has 0 radical (unpaired) electrons. The maximum atomic E-state index is 5.00. The Balaban J connectivity index is 4.78. The van der Waals surface area contributed by atoms with E-state index in [2.05, 4.69) is 59.3 Å². The van der Waals surface area contributed by atoms with E-state index >= 15 is 0 Å². The van der Waals surface area contributed by atoms with E-state index in [1.807, 2.05) is 0 Å². The molecule has 0 N–H and O–H groups in total. The molecule has 0 aliphatic carbocycles. The van der Waals surface area contributed by atoms with Crippen LogP contribution in [0.4, 0.5) is 0 Å². The minimum absolute atomic E-state index is 0.0429. The molecule has 0 amide bonds. The highest BCUT2D eigenvalue weighted by molar-refractivity contribution is 7.80. The van der Waals surface area contributed by atoms with Crippen LogP contribution < -0.4 is 0 Å². The predicted octanol–water partition coefficient (Wildman–Crippen LogP) is 3.34. The Kier molecular flexibility index (Phi) is 4.30. The van der Waals surface area contributed by atoms with Gasteiger partial charge in [-0.25, -0.2) is 0 Å². The van der Waals surface area contributed by atoms with Crippen LogP contribution in [0.15, 0.2) is 5.16 Å². The third-order valence-corrected chi connectivity index (χ3v) is 1.75. The third kappa shape index (κ3) is 4.55. The molecule has 0 unspecified atom stereocenters. The van der Waals surface area contributed by atoms with Crippen molar-refractivity contribution in [3.63, 3.8) is 0 Å². The molecular formula is C10H21NOS. The molecule has 78 valence electrons. The second-order valence-corrected chi connectivity index (χ2v) is 5.46. The van der Waals surface area contributed by atoms with Crippen LogP contribution in [-0.2, 0) is 4.84 Å². The summed E-state index contributed by atoms with van der Waals surface area (Å²) < 4.78 is 0. The van der Waals surface area contributed by atoms with E-state index in [4.69, 9.17) is 4.84 Å². The van der Waals surface area contributed by atoms with Gasteiger partial charge in [-0.2, -0.15) is 0 Å². The lowest BCUT2D eigenvalue weighted by Gasteiger charge is -2.30. The molecule has 0 spiro atoms. The SMILES string of the molecule is CC(C)(C)C(=NOCS)C(C)(C)C. The lowest BCUT2D eigenvalue weighted by Crippen LogP contribution is -2.33. The molecule has 0 bridgehead atoms. The first-order chi connectivity index (χ1) is 5.69. The Bertz CT molecular complexity index is 170. The van der Waals surface area contributed by atoms with Gasteiger partial charge in [0.05, 0.1) is 5.71 Å². The summed E-state index contributed by atoms with van der Waals surface area (Å²) in [6.07, 6.45) is 0. The number of nitrogens with zero attached hydrogens (tertiary/aromatic N) is 1. The summed E-state index contributed by atoms with van der Waals surface area (Å²) in [5.74, 6) is 0.329. The van der Waals surface area contributed by atoms with Crippen molar-refractivity contribution in [2.45, 2.75) is 41.5 Å². The molecule has 0 saturated carbocycles. The monoisotopic (exact) mass is 203 g/mol. The van der Waals surface area contributed by atoms with Gasteiger partial charge in [-0.15, -0.1) is 12.6 Å². The lowest BCUT2D eigenvalue weighted by atomic mass is 9.75. The van der Waals surface area contributed by atoms with Crippen LogP contribution in [0, 0.1) is 10.8 Å². The summed E-state index contributed by atoms with van der Waals surface area (Å²) >= 11 is 3.96. The zero-order valence-corrected chi connectivity index (χ0v) is 10.4. The lowest BCUT2D eigenvalue weighted by molar-refractivity contribution is 0.188. The molecule has 3 heteroatoms. The molecule has 0 aliphatic heterocycles. The van der Waals surface area contributed by atoms with Crippen molar-refractivity contribution in [2.75, 3.05) is 5.94 Å². The van der Waals surface area contributed by atoms with Crippen molar-refractivity contribution in [1.29, 1.82) is 0 Å². The van der Waals surface area contributed by atoms with Crippen LogP contribution >= 0.6 is 12.6 Å². The van der Waals surface area contributed by atoms with Crippen molar-refractivity contribution in [3.05, 3.63) is 0 Å². The molecule has 0 atom stereocenters. The van der Waals surface area contributed by atoms with Crippen LogP contribution in [0.3, 0.4) is 0 Å². The van der Waals surface area contributed by atoms with E-state index in [-0.39, 0.29) is 10.8 Å². The average Bonchev–Trinajstić information content (AvgIpc) is 1.81. The Morgan fingerprint density at radius 1 is 1.08 bits per heavy atom. The molecule has 0 aromatic rings. The maximum absolute atomic E-state index is 5.00. The van der Waals surface area contributed by atoms with Gasteiger partial charge in [0.15, 0.2) is 5.94 Å². The summed E-state index contributed by atoms with van der Waals surface area (Å²) in [7, 11) is 0. The van der Waals surface area contributed by atoms with E-state index in [0.717, 1.165) is 5.71 Å². The number of rotatable bonds is 2. The molecule has 0 fully saturated rings. The maximum Gasteiger partial charge on any atom is 0.160 e. The van der Waals surface area contributed by atoms with Crippen molar-refractivity contribution in [2.24, 2.45) is 16.0 Å². The molecule has 0 saturated heterocycles. The summed E-state index contributed by atoms with van der Waals surface area (Å²) in [4.78, 5) is 5.00. The van der Waals surface area contributed by atoms with Crippen molar-refractivity contribution in [1.82, 2.24) is 0 Å². The van der Waals surface area contributed by atoms with Crippen LogP contribution in [0.1, 0.15) is 41.5 Å². The van der Waals surface area contributed by atoms with E-state index in [1.165, 1.54) is 0 Å². The minimum Gasteiger partial charge on any atom is -0.385 e. The van der Waals surface area contributed by atoms with Gasteiger partial charge in [-0.1, -0.05) is 46.7 Å². The number of thiol groups is 1.